The smallest absolute Gasteiger partial charge is 0.333 e. The highest BCUT2D eigenvalue weighted by molar-refractivity contribution is 8.14. The van der Waals surface area contributed by atoms with E-state index >= 15 is 4.39 Å². The van der Waals surface area contributed by atoms with Gasteiger partial charge in [-0.1, -0.05) is 69.7 Å². The van der Waals surface area contributed by atoms with E-state index in [0.29, 0.717) is 54.1 Å². The molecule has 1 atom stereocenters. The van der Waals surface area contributed by atoms with Crippen LogP contribution in [0.3, 0.4) is 0 Å². The minimum Gasteiger partial charge on any atom is -0.492 e. The molecule has 2 aromatic rings. The Morgan fingerprint density at radius 1 is 0.902 bits per heavy atom. The normalized spacial score (nSPS) is 17.1. The molecule has 0 saturated heterocycles. The van der Waals surface area contributed by atoms with E-state index in [1.54, 1.807) is 13.0 Å². The molecule has 282 valence electrons. The summed E-state index contributed by atoms with van der Waals surface area (Å²) in [5.74, 6) is 0.825. The lowest BCUT2D eigenvalue weighted by Gasteiger charge is -2.32. The number of unbranched alkanes of at least 4 members (excludes halogenated alkanes) is 2. The number of halogens is 1. The largest absolute Gasteiger partial charge is 0.492 e. The second-order valence-corrected chi connectivity index (χ2v) is 15.3. The molecule has 0 aromatic heterocycles. The minimum atomic E-state index is -1.15. The van der Waals surface area contributed by atoms with Gasteiger partial charge in [0.15, 0.2) is 0 Å². The predicted octanol–water partition coefficient (Wildman–Crippen LogP) is 8.51. The summed E-state index contributed by atoms with van der Waals surface area (Å²) in [4.78, 5) is 24.8. The summed E-state index contributed by atoms with van der Waals surface area (Å²) in [6, 6.07) is 9.37. The number of benzene rings is 2. The molecule has 1 saturated carbocycles. The van der Waals surface area contributed by atoms with Crippen LogP contribution in [0, 0.1) is 17.2 Å². The van der Waals surface area contributed by atoms with Crippen molar-refractivity contribution in [1.29, 1.82) is 0 Å². The predicted molar refractivity (Wildman–Crippen MR) is 205 cm³/mol. The first kappa shape index (κ1) is 42.4. The van der Waals surface area contributed by atoms with Gasteiger partial charge in [0.05, 0.1) is 12.0 Å². The molecule has 0 heterocycles. The zero-order chi connectivity index (χ0) is 37.4. The number of hydrogen-bond donors (Lipinski definition) is 3. The third kappa shape index (κ3) is 12.9. The second-order valence-electron chi connectivity index (χ2n) is 14.4. The highest BCUT2D eigenvalue weighted by Gasteiger charge is 2.35. The number of carbonyl (C=O) groups excluding carboxylic acids is 2. The van der Waals surface area contributed by atoms with E-state index in [9.17, 15) is 24.9 Å². The highest BCUT2D eigenvalue weighted by atomic mass is 32.2. The number of carbonyl (C=O) groups is 2. The summed E-state index contributed by atoms with van der Waals surface area (Å²) in [5.41, 5.74) is 3.08. The molecular formula is C42H59FO7S. The standard InChI is InChI=1S/C42H59FO7S/c1-6-7-8-11-31-14-16-32(17-15-31)33-18-19-37(38(43)24-33)36-22-34(12-9-20-44)39(35(23-36)13-10-21-45)49-26-42(25-46,27-50-40(47)29(2)3)28-51-41(48)30(4)5/h18-19,22-24,31-32,44-46H,2,4,6-17,20-21,25-28H2,1,3,5H3. The fourth-order valence-electron chi connectivity index (χ4n) is 6.66. The molecule has 7 nitrogen and oxygen atoms in total. The van der Waals surface area contributed by atoms with Crippen molar-refractivity contribution in [3.8, 4) is 16.9 Å². The van der Waals surface area contributed by atoms with Crippen molar-refractivity contribution < 1.29 is 38.8 Å². The van der Waals surface area contributed by atoms with Crippen molar-refractivity contribution in [2.75, 3.05) is 38.8 Å². The van der Waals surface area contributed by atoms with E-state index in [0.717, 1.165) is 47.2 Å². The van der Waals surface area contributed by atoms with Gasteiger partial charge >= 0.3 is 5.97 Å². The highest BCUT2D eigenvalue weighted by Crippen LogP contribution is 2.40. The number of aliphatic hydroxyl groups excluding tert-OH is 3. The van der Waals surface area contributed by atoms with Crippen LogP contribution in [-0.2, 0) is 27.2 Å². The van der Waals surface area contributed by atoms with Crippen LogP contribution in [0.25, 0.3) is 11.1 Å². The fraction of sp³-hybridized carbons (Fsp3) is 0.571. The number of rotatable bonds is 22. The maximum Gasteiger partial charge on any atom is 0.333 e. The summed E-state index contributed by atoms with van der Waals surface area (Å²) in [6.07, 6.45) is 11.4. The van der Waals surface area contributed by atoms with Gasteiger partial charge in [-0.25, -0.2) is 9.18 Å². The van der Waals surface area contributed by atoms with Gasteiger partial charge < -0.3 is 24.8 Å². The van der Waals surface area contributed by atoms with Crippen LogP contribution in [0.4, 0.5) is 4.39 Å². The lowest BCUT2D eigenvalue weighted by atomic mass is 9.77. The van der Waals surface area contributed by atoms with Crippen molar-refractivity contribution in [2.45, 2.75) is 104 Å². The lowest BCUT2D eigenvalue weighted by molar-refractivity contribution is -0.143. The molecule has 1 unspecified atom stereocenters. The van der Waals surface area contributed by atoms with Gasteiger partial charge in [-0.05, 0) is 123 Å². The molecular weight excluding hydrogens is 668 g/mol. The molecule has 1 aliphatic rings. The van der Waals surface area contributed by atoms with Crippen LogP contribution < -0.4 is 4.74 Å². The Morgan fingerprint density at radius 3 is 2.08 bits per heavy atom. The maximum atomic E-state index is 16.0. The molecule has 2 aromatic carbocycles. The number of aliphatic hydroxyl groups is 3. The first-order valence-corrected chi connectivity index (χ1v) is 19.5. The van der Waals surface area contributed by atoms with E-state index < -0.39 is 18.0 Å². The van der Waals surface area contributed by atoms with Crippen LogP contribution in [-0.4, -0.2) is 65.2 Å². The van der Waals surface area contributed by atoms with Crippen LogP contribution >= 0.6 is 11.8 Å². The van der Waals surface area contributed by atoms with Crippen LogP contribution in [0.1, 0.15) is 108 Å². The average molecular weight is 727 g/mol. The van der Waals surface area contributed by atoms with Crippen LogP contribution in [0.5, 0.6) is 5.75 Å². The number of thioether (sulfide) groups is 1. The van der Waals surface area contributed by atoms with Crippen molar-refractivity contribution in [3.05, 3.63) is 77.1 Å². The summed E-state index contributed by atoms with van der Waals surface area (Å²) in [7, 11) is 0. The zero-order valence-electron chi connectivity index (χ0n) is 30.9. The van der Waals surface area contributed by atoms with E-state index in [-0.39, 0.29) is 48.7 Å². The van der Waals surface area contributed by atoms with Crippen LogP contribution in [0.2, 0.25) is 0 Å². The average Bonchev–Trinajstić information content (AvgIpc) is 3.13. The molecule has 3 rings (SSSR count). The van der Waals surface area contributed by atoms with Gasteiger partial charge in [-0.2, -0.15) is 0 Å². The van der Waals surface area contributed by atoms with Crippen molar-refractivity contribution in [2.24, 2.45) is 11.3 Å². The van der Waals surface area contributed by atoms with E-state index in [2.05, 4.69) is 26.1 Å². The molecule has 0 spiro atoms. The van der Waals surface area contributed by atoms with Gasteiger partial charge in [0.25, 0.3) is 0 Å². The molecule has 1 fully saturated rings. The molecule has 1 aliphatic carbocycles. The summed E-state index contributed by atoms with van der Waals surface area (Å²) < 4.78 is 27.9. The third-order valence-electron chi connectivity index (χ3n) is 9.86. The Kier molecular flexibility index (Phi) is 17.9. The van der Waals surface area contributed by atoms with E-state index in [1.165, 1.54) is 45.4 Å². The maximum absolute atomic E-state index is 16.0. The molecule has 0 bridgehead atoms. The molecule has 9 heteroatoms. The van der Waals surface area contributed by atoms with Gasteiger partial charge in [-0.3, -0.25) is 4.79 Å². The summed E-state index contributed by atoms with van der Waals surface area (Å²) >= 11 is 0.964. The van der Waals surface area contributed by atoms with Crippen molar-refractivity contribution in [1.82, 2.24) is 0 Å². The molecule has 0 aliphatic heterocycles. The Hall–Kier alpha value is -2.98. The molecule has 3 N–H and O–H groups in total. The number of hydrogen-bond acceptors (Lipinski definition) is 8. The van der Waals surface area contributed by atoms with Gasteiger partial charge in [-0.15, -0.1) is 0 Å². The minimum absolute atomic E-state index is 0.0589. The topological polar surface area (TPSA) is 113 Å². The summed E-state index contributed by atoms with van der Waals surface area (Å²) in [5, 5.41) is 29.9. The summed E-state index contributed by atoms with van der Waals surface area (Å²) in [6.45, 7) is 11.8. The monoisotopic (exact) mass is 726 g/mol. The Bertz CT molecular complexity index is 1400. The zero-order valence-corrected chi connectivity index (χ0v) is 31.8. The van der Waals surface area contributed by atoms with Crippen molar-refractivity contribution >= 4 is 22.8 Å². The molecule has 0 radical (unpaired) electrons. The number of aryl methyl sites for hydroxylation is 2. The SMILES string of the molecule is C=C(C)C(=O)OCC(CO)(COc1c(CCCO)cc(-c2ccc(C3CCC(CCCCC)CC3)cc2F)cc1CCCO)CSC(=O)C(=C)C. The Morgan fingerprint density at radius 2 is 1.55 bits per heavy atom. The van der Waals surface area contributed by atoms with Gasteiger partial charge in [0.2, 0.25) is 5.12 Å². The number of esters is 1. The van der Waals surface area contributed by atoms with Gasteiger partial charge in [0, 0.05) is 30.1 Å². The second kappa shape index (κ2) is 21.5. The van der Waals surface area contributed by atoms with Crippen molar-refractivity contribution in [3.63, 3.8) is 0 Å². The quantitative estimate of drug-likeness (QED) is 0.0629. The first-order valence-electron chi connectivity index (χ1n) is 18.5. The molecule has 0 amide bonds. The van der Waals surface area contributed by atoms with Gasteiger partial charge in [0.1, 0.15) is 24.8 Å². The van der Waals surface area contributed by atoms with E-state index in [4.69, 9.17) is 9.47 Å². The molecule has 51 heavy (non-hydrogen) atoms. The fourth-order valence-corrected chi connectivity index (χ4v) is 7.61. The third-order valence-corrected chi connectivity index (χ3v) is 11.2. The number of ether oxygens (including phenoxy) is 2. The van der Waals surface area contributed by atoms with E-state index in [1.807, 2.05) is 18.2 Å². The first-order chi connectivity index (χ1) is 24.5. The van der Waals surface area contributed by atoms with Crippen LogP contribution in [0.15, 0.2) is 54.6 Å². The Labute approximate surface area is 308 Å². The Balaban J connectivity index is 1.94. The lowest BCUT2D eigenvalue weighted by Crippen LogP contribution is -2.41.